The predicted molar refractivity (Wildman–Crippen MR) is 37.7 cm³/mol. The molecule has 0 saturated carbocycles. The molecule has 0 aromatic heterocycles. The lowest BCUT2D eigenvalue weighted by molar-refractivity contribution is -0.112. The van der Waals surface area contributed by atoms with Gasteiger partial charge in [0.2, 0.25) is 0 Å². The first-order chi connectivity index (χ1) is 4.85. The highest BCUT2D eigenvalue weighted by molar-refractivity contribution is 5.56. The summed E-state index contributed by atoms with van der Waals surface area (Å²) >= 11 is 0. The van der Waals surface area contributed by atoms with Gasteiger partial charge in [0.1, 0.15) is 6.29 Å². The van der Waals surface area contributed by atoms with Gasteiger partial charge in [-0.1, -0.05) is 6.42 Å². The Hall–Kier alpha value is -0.450. The zero-order valence-corrected chi connectivity index (χ0v) is 5.92. The van der Waals surface area contributed by atoms with E-state index in [0.717, 1.165) is 12.8 Å². The fraction of sp³-hybridized carbons (Fsp3) is 0.833. The topological polar surface area (TPSA) is 75.4 Å². The summed E-state index contributed by atoms with van der Waals surface area (Å²) in [6.07, 6.45) is 3.10. The highest BCUT2D eigenvalue weighted by Gasteiger charge is 2.02. The van der Waals surface area contributed by atoms with Crippen LogP contribution in [0.5, 0.6) is 0 Å². The van der Waals surface area contributed by atoms with E-state index in [0.29, 0.717) is 19.3 Å². The van der Waals surface area contributed by atoms with E-state index < -0.39 is 6.04 Å². The molecule has 0 unspecified atom stereocenters. The van der Waals surface area contributed by atoms with Crippen molar-refractivity contribution in [2.24, 2.45) is 5.73 Å². The lowest BCUT2D eigenvalue weighted by Gasteiger charge is -2.05. The first-order valence-corrected chi connectivity index (χ1v) is 3.40. The summed E-state index contributed by atoms with van der Waals surface area (Å²) in [5.41, 5.74) is 7.13. The maximum atomic E-state index is 10.1. The molecule has 60 valence electrons. The zero-order valence-electron chi connectivity index (χ0n) is 5.92. The summed E-state index contributed by atoms with van der Waals surface area (Å²) in [6.45, 7) is 0.636. The van der Waals surface area contributed by atoms with Crippen molar-refractivity contribution in [3.05, 3.63) is 0 Å². The largest absolute Gasteiger partial charge is 0.330 e. The summed E-state index contributed by atoms with van der Waals surface area (Å²) in [7, 11) is 0. The van der Waals surface area contributed by atoms with Gasteiger partial charge in [-0.3, -0.25) is 0 Å². The van der Waals surface area contributed by atoms with Gasteiger partial charge in [0.15, 0.2) is 0 Å². The van der Waals surface area contributed by atoms with E-state index in [1.54, 1.807) is 0 Å². The number of hydrogen-bond acceptors (Lipinski definition) is 4. The number of hydrogen-bond donors (Lipinski definition) is 3. The number of aldehydes is 1. The molecule has 0 aliphatic carbocycles. The minimum Gasteiger partial charge on any atom is -0.330 e. The van der Waals surface area contributed by atoms with Crippen LogP contribution in [0, 0.1) is 0 Å². The molecule has 0 saturated heterocycles. The maximum absolute atomic E-state index is 10.1. The fourth-order valence-electron chi connectivity index (χ4n) is 0.672. The molecule has 0 amide bonds. The van der Waals surface area contributed by atoms with Crippen LogP contribution in [0.2, 0.25) is 0 Å². The Morgan fingerprint density at radius 2 is 2.30 bits per heavy atom. The van der Waals surface area contributed by atoms with E-state index in [4.69, 9.17) is 10.9 Å². The summed E-state index contributed by atoms with van der Waals surface area (Å²) in [6, 6.07) is -0.424. The minimum atomic E-state index is -0.424. The molecule has 1 atom stereocenters. The number of nitrogens with one attached hydrogen (secondary N) is 1. The Morgan fingerprint density at radius 3 is 2.70 bits per heavy atom. The van der Waals surface area contributed by atoms with Gasteiger partial charge in [0.05, 0.1) is 6.04 Å². The van der Waals surface area contributed by atoms with E-state index in [1.165, 1.54) is 0 Å². The van der Waals surface area contributed by atoms with Gasteiger partial charge in [-0.2, -0.15) is 5.48 Å². The van der Waals surface area contributed by atoms with Crippen molar-refractivity contribution in [2.75, 3.05) is 6.54 Å². The maximum Gasteiger partial charge on any atom is 0.139 e. The van der Waals surface area contributed by atoms with Gasteiger partial charge in [-0.25, -0.2) is 0 Å². The Labute approximate surface area is 60.4 Å². The van der Waals surface area contributed by atoms with Gasteiger partial charge < -0.3 is 15.7 Å². The van der Waals surface area contributed by atoms with Crippen molar-refractivity contribution in [3.8, 4) is 0 Å². The molecule has 10 heavy (non-hydrogen) atoms. The number of carbonyl (C=O) groups is 1. The molecule has 0 heterocycles. The van der Waals surface area contributed by atoms with E-state index in [2.05, 4.69) is 0 Å². The first kappa shape index (κ1) is 9.55. The average molecular weight is 146 g/mol. The Bertz CT molecular complexity index is 87.8. The normalized spacial score (nSPS) is 13.0. The highest BCUT2D eigenvalue weighted by Crippen LogP contribution is 1.96. The summed E-state index contributed by atoms with van der Waals surface area (Å²) < 4.78 is 0. The smallest absolute Gasteiger partial charge is 0.139 e. The van der Waals surface area contributed by atoms with Crippen LogP contribution < -0.4 is 11.2 Å². The second-order valence-electron chi connectivity index (χ2n) is 2.16. The zero-order chi connectivity index (χ0) is 7.82. The van der Waals surface area contributed by atoms with Crippen molar-refractivity contribution < 1.29 is 10.0 Å². The molecular weight excluding hydrogens is 132 g/mol. The second-order valence-corrected chi connectivity index (χ2v) is 2.16. The first-order valence-electron chi connectivity index (χ1n) is 3.40. The van der Waals surface area contributed by atoms with Crippen molar-refractivity contribution in [1.82, 2.24) is 5.48 Å². The van der Waals surface area contributed by atoms with Crippen LogP contribution in [0.1, 0.15) is 19.3 Å². The molecule has 0 spiro atoms. The van der Waals surface area contributed by atoms with Gasteiger partial charge in [0.25, 0.3) is 0 Å². The van der Waals surface area contributed by atoms with Gasteiger partial charge >= 0.3 is 0 Å². The molecule has 0 radical (unpaired) electrons. The highest BCUT2D eigenvalue weighted by atomic mass is 16.5. The molecule has 0 aliphatic heterocycles. The van der Waals surface area contributed by atoms with Gasteiger partial charge in [-0.05, 0) is 19.4 Å². The lowest BCUT2D eigenvalue weighted by atomic mass is 10.1. The summed E-state index contributed by atoms with van der Waals surface area (Å²) in [4.78, 5) is 10.1. The van der Waals surface area contributed by atoms with E-state index in [-0.39, 0.29) is 0 Å². The van der Waals surface area contributed by atoms with Crippen LogP contribution in [0.3, 0.4) is 0 Å². The monoisotopic (exact) mass is 146 g/mol. The quantitative estimate of drug-likeness (QED) is 0.272. The van der Waals surface area contributed by atoms with Crippen LogP contribution in [-0.4, -0.2) is 24.1 Å². The second kappa shape index (κ2) is 6.67. The van der Waals surface area contributed by atoms with E-state index in [9.17, 15) is 4.79 Å². The SMILES string of the molecule is NCCCC[C@H](C=O)NO. The molecular formula is C6H14N2O2. The van der Waals surface area contributed by atoms with Crippen molar-refractivity contribution >= 4 is 6.29 Å². The number of carbonyl (C=O) groups excluding carboxylic acids is 1. The predicted octanol–water partition coefficient (Wildman–Crippen LogP) is -0.338. The number of nitrogens with two attached hydrogens (primary N) is 1. The van der Waals surface area contributed by atoms with Crippen LogP contribution in [0.4, 0.5) is 0 Å². The third kappa shape index (κ3) is 4.43. The molecule has 0 fully saturated rings. The molecule has 0 rings (SSSR count). The lowest BCUT2D eigenvalue weighted by Crippen LogP contribution is -2.27. The molecule has 4 N–H and O–H groups in total. The van der Waals surface area contributed by atoms with Crippen LogP contribution in [-0.2, 0) is 4.79 Å². The van der Waals surface area contributed by atoms with Crippen molar-refractivity contribution in [1.29, 1.82) is 0 Å². The Morgan fingerprint density at radius 1 is 1.60 bits per heavy atom. The van der Waals surface area contributed by atoms with E-state index >= 15 is 0 Å². The molecule has 0 aliphatic rings. The van der Waals surface area contributed by atoms with Crippen LogP contribution >= 0.6 is 0 Å². The molecule has 4 nitrogen and oxygen atoms in total. The molecule has 0 bridgehead atoms. The third-order valence-electron chi connectivity index (χ3n) is 1.30. The van der Waals surface area contributed by atoms with Gasteiger partial charge in [-0.15, -0.1) is 0 Å². The third-order valence-corrected chi connectivity index (χ3v) is 1.30. The Balaban J connectivity index is 3.17. The molecule has 0 aromatic rings. The Kier molecular flexibility index (Phi) is 6.37. The minimum absolute atomic E-state index is 0.424. The summed E-state index contributed by atoms with van der Waals surface area (Å²) in [5, 5.41) is 8.31. The fourth-order valence-corrected chi connectivity index (χ4v) is 0.672. The van der Waals surface area contributed by atoms with E-state index in [1.807, 2.05) is 5.48 Å². The molecule has 4 heteroatoms. The number of rotatable bonds is 6. The summed E-state index contributed by atoms with van der Waals surface area (Å²) in [5.74, 6) is 0. The molecule has 0 aromatic carbocycles. The van der Waals surface area contributed by atoms with Crippen molar-refractivity contribution in [2.45, 2.75) is 25.3 Å². The number of hydroxylamine groups is 1. The number of unbranched alkanes of at least 4 members (excludes halogenated alkanes) is 1. The van der Waals surface area contributed by atoms with Crippen molar-refractivity contribution in [3.63, 3.8) is 0 Å². The van der Waals surface area contributed by atoms with Gasteiger partial charge in [0, 0.05) is 0 Å². The van der Waals surface area contributed by atoms with Crippen LogP contribution in [0.15, 0.2) is 0 Å². The average Bonchev–Trinajstić information content (AvgIpc) is 1.99. The van der Waals surface area contributed by atoms with Crippen LogP contribution in [0.25, 0.3) is 0 Å². The standard InChI is InChI=1S/C6H14N2O2/c7-4-2-1-3-6(5-9)8-10/h5-6,8,10H,1-4,7H2/t6-/m1/s1.